The van der Waals surface area contributed by atoms with Crippen LogP contribution in [0, 0.1) is 5.92 Å². The topological polar surface area (TPSA) is 41.3 Å². The second kappa shape index (κ2) is 4.04. The zero-order valence-electron chi connectivity index (χ0n) is 8.30. The number of nitrogens with one attached hydrogen (secondary N) is 1. The van der Waals surface area contributed by atoms with Crippen LogP contribution in [0.15, 0.2) is 0 Å². The summed E-state index contributed by atoms with van der Waals surface area (Å²) in [5.41, 5.74) is 5.57. The number of hydrogen-bond acceptors (Lipinski definition) is 3. The summed E-state index contributed by atoms with van der Waals surface area (Å²) < 4.78 is 37.6. The first-order chi connectivity index (χ1) is 6.36. The minimum atomic E-state index is -4.21. The molecule has 3 unspecified atom stereocenters. The molecule has 1 fully saturated rings. The zero-order chi connectivity index (χ0) is 10.9. The lowest BCUT2D eigenvalue weighted by molar-refractivity contribution is -0.192. The Kier molecular flexibility index (Phi) is 3.39. The van der Waals surface area contributed by atoms with Crippen LogP contribution in [0.1, 0.15) is 0 Å². The van der Waals surface area contributed by atoms with Crippen molar-refractivity contribution in [2.45, 2.75) is 18.3 Å². The smallest absolute Gasteiger partial charge is 0.326 e. The molecule has 84 valence electrons. The zero-order valence-corrected chi connectivity index (χ0v) is 8.30. The Balaban J connectivity index is 2.75. The molecule has 3 atom stereocenters. The fourth-order valence-electron chi connectivity index (χ4n) is 1.88. The van der Waals surface area contributed by atoms with E-state index in [2.05, 4.69) is 5.32 Å². The summed E-state index contributed by atoms with van der Waals surface area (Å²) in [7, 11) is 3.31. The summed E-state index contributed by atoms with van der Waals surface area (Å²) in [4.78, 5) is 1.66. The summed E-state index contributed by atoms with van der Waals surface area (Å²) in [6.07, 6.45) is -4.21. The number of likely N-dealkylation sites (tertiary alicyclic amines) is 1. The SMILES string of the molecule is CNC1CN(C)CC(C(F)(F)F)C1N. The van der Waals surface area contributed by atoms with Gasteiger partial charge in [0.1, 0.15) is 0 Å². The molecule has 1 saturated heterocycles. The fourth-order valence-corrected chi connectivity index (χ4v) is 1.88. The Morgan fingerprint density at radius 1 is 1.36 bits per heavy atom. The number of nitrogens with two attached hydrogens (primary N) is 1. The summed E-state index contributed by atoms with van der Waals surface area (Å²) in [5.74, 6) is -1.43. The van der Waals surface area contributed by atoms with Crippen molar-refractivity contribution in [3.63, 3.8) is 0 Å². The van der Waals surface area contributed by atoms with Crippen LogP contribution in [0.4, 0.5) is 13.2 Å². The van der Waals surface area contributed by atoms with Crippen molar-refractivity contribution in [3.8, 4) is 0 Å². The standard InChI is InChI=1S/C8H16F3N3/c1-13-6-4-14(2)3-5(7(6)12)8(9,10)11/h5-7,13H,3-4,12H2,1-2H3. The van der Waals surface area contributed by atoms with Gasteiger partial charge in [0.05, 0.1) is 5.92 Å². The van der Waals surface area contributed by atoms with Gasteiger partial charge in [0.15, 0.2) is 0 Å². The number of rotatable bonds is 1. The molecule has 1 aliphatic heterocycles. The van der Waals surface area contributed by atoms with Crippen LogP contribution >= 0.6 is 0 Å². The van der Waals surface area contributed by atoms with Gasteiger partial charge < -0.3 is 16.0 Å². The third-order valence-electron chi connectivity index (χ3n) is 2.74. The van der Waals surface area contributed by atoms with Gasteiger partial charge in [0, 0.05) is 25.2 Å². The lowest BCUT2D eigenvalue weighted by Gasteiger charge is -2.41. The van der Waals surface area contributed by atoms with Gasteiger partial charge in [-0.2, -0.15) is 13.2 Å². The number of nitrogens with zero attached hydrogens (tertiary/aromatic N) is 1. The minimum absolute atomic E-state index is 0.0111. The number of likely N-dealkylation sites (N-methyl/N-ethyl adjacent to an activating group) is 2. The Hall–Kier alpha value is -0.330. The molecular formula is C8H16F3N3. The summed E-state index contributed by atoms with van der Waals surface area (Å²) >= 11 is 0. The monoisotopic (exact) mass is 211 g/mol. The van der Waals surface area contributed by atoms with Crippen LogP contribution < -0.4 is 11.1 Å². The van der Waals surface area contributed by atoms with Crippen LogP contribution in [0.2, 0.25) is 0 Å². The minimum Gasteiger partial charge on any atom is -0.326 e. The lowest BCUT2D eigenvalue weighted by Crippen LogP contribution is -2.63. The van der Waals surface area contributed by atoms with E-state index in [9.17, 15) is 13.2 Å². The Morgan fingerprint density at radius 2 is 1.93 bits per heavy atom. The number of alkyl halides is 3. The van der Waals surface area contributed by atoms with Crippen LogP contribution in [0.25, 0.3) is 0 Å². The Morgan fingerprint density at radius 3 is 2.36 bits per heavy atom. The van der Waals surface area contributed by atoms with Gasteiger partial charge in [0.2, 0.25) is 0 Å². The van der Waals surface area contributed by atoms with Crippen molar-refractivity contribution in [2.75, 3.05) is 27.2 Å². The van der Waals surface area contributed by atoms with Crippen molar-refractivity contribution in [2.24, 2.45) is 11.7 Å². The molecule has 1 aliphatic rings. The largest absolute Gasteiger partial charge is 0.394 e. The maximum atomic E-state index is 12.5. The van der Waals surface area contributed by atoms with Crippen molar-refractivity contribution in [1.82, 2.24) is 10.2 Å². The third kappa shape index (κ3) is 2.37. The van der Waals surface area contributed by atoms with E-state index in [1.165, 1.54) is 0 Å². The lowest BCUT2D eigenvalue weighted by atomic mass is 9.89. The molecule has 6 heteroatoms. The average molecular weight is 211 g/mol. The van der Waals surface area contributed by atoms with E-state index in [0.717, 1.165) is 0 Å². The van der Waals surface area contributed by atoms with Crippen molar-refractivity contribution in [3.05, 3.63) is 0 Å². The van der Waals surface area contributed by atoms with E-state index in [-0.39, 0.29) is 12.6 Å². The van der Waals surface area contributed by atoms with Gasteiger partial charge in [-0.15, -0.1) is 0 Å². The molecule has 0 radical (unpaired) electrons. The third-order valence-corrected chi connectivity index (χ3v) is 2.74. The van der Waals surface area contributed by atoms with Crippen molar-refractivity contribution < 1.29 is 13.2 Å². The molecule has 3 nitrogen and oxygen atoms in total. The van der Waals surface area contributed by atoms with E-state index >= 15 is 0 Å². The van der Waals surface area contributed by atoms with Gasteiger partial charge in [-0.1, -0.05) is 0 Å². The maximum absolute atomic E-state index is 12.5. The molecule has 0 amide bonds. The van der Waals surface area contributed by atoms with E-state index in [1.54, 1.807) is 19.0 Å². The first-order valence-electron chi connectivity index (χ1n) is 4.54. The maximum Gasteiger partial charge on any atom is 0.394 e. The molecule has 0 aliphatic carbocycles. The van der Waals surface area contributed by atoms with Crippen molar-refractivity contribution in [1.29, 1.82) is 0 Å². The number of halogens is 3. The van der Waals surface area contributed by atoms with Crippen LogP contribution in [-0.4, -0.2) is 50.3 Å². The second-order valence-corrected chi connectivity index (χ2v) is 3.84. The van der Waals surface area contributed by atoms with Gasteiger partial charge in [-0.3, -0.25) is 0 Å². The van der Waals surface area contributed by atoms with E-state index in [0.29, 0.717) is 6.54 Å². The molecule has 0 spiro atoms. The van der Waals surface area contributed by atoms with Crippen LogP contribution in [0.5, 0.6) is 0 Å². The normalized spacial score (nSPS) is 36.0. The number of hydrogen-bond donors (Lipinski definition) is 2. The highest BCUT2D eigenvalue weighted by molar-refractivity contribution is 4.95. The molecule has 0 saturated carbocycles. The van der Waals surface area contributed by atoms with E-state index < -0.39 is 18.1 Å². The molecule has 1 heterocycles. The average Bonchev–Trinajstić information content (AvgIpc) is 2.06. The van der Waals surface area contributed by atoms with Crippen LogP contribution in [-0.2, 0) is 0 Å². The molecule has 0 aromatic carbocycles. The van der Waals surface area contributed by atoms with Gasteiger partial charge in [-0.25, -0.2) is 0 Å². The van der Waals surface area contributed by atoms with Gasteiger partial charge >= 0.3 is 6.18 Å². The summed E-state index contributed by atoms with van der Waals surface area (Å²) in [6.45, 7) is 0.549. The van der Waals surface area contributed by atoms with E-state index in [4.69, 9.17) is 5.73 Å². The quantitative estimate of drug-likeness (QED) is 0.642. The summed E-state index contributed by atoms with van der Waals surface area (Å²) in [5, 5.41) is 2.82. The molecule has 14 heavy (non-hydrogen) atoms. The molecular weight excluding hydrogens is 195 g/mol. The second-order valence-electron chi connectivity index (χ2n) is 3.84. The van der Waals surface area contributed by atoms with Crippen LogP contribution in [0.3, 0.4) is 0 Å². The predicted octanol–water partition coefficient (Wildman–Crippen LogP) is 0.0256. The molecule has 0 bridgehead atoms. The number of piperidine rings is 1. The predicted molar refractivity (Wildman–Crippen MR) is 47.9 cm³/mol. The molecule has 0 aromatic rings. The van der Waals surface area contributed by atoms with E-state index in [1.807, 2.05) is 0 Å². The first-order valence-corrected chi connectivity index (χ1v) is 4.54. The highest BCUT2D eigenvalue weighted by Crippen LogP contribution is 2.32. The summed E-state index contributed by atoms with van der Waals surface area (Å²) in [6, 6.07) is -1.14. The fraction of sp³-hybridized carbons (Fsp3) is 1.00. The van der Waals surface area contributed by atoms with Gasteiger partial charge in [0.25, 0.3) is 0 Å². The Bertz CT molecular complexity index is 195. The molecule has 1 rings (SSSR count). The van der Waals surface area contributed by atoms with Crippen molar-refractivity contribution >= 4 is 0 Å². The molecule has 3 N–H and O–H groups in total. The van der Waals surface area contributed by atoms with Gasteiger partial charge in [-0.05, 0) is 14.1 Å². The first kappa shape index (κ1) is 11.7. The molecule has 0 aromatic heterocycles. The highest BCUT2D eigenvalue weighted by Gasteiger charge is 2.48. The Labute approximate surface area is 81.4 Å². The highest BCUT2D eigenvalue weighted by atomic mass is 19.4.